The molecule has 102 valence electrons. The van der Waals surface area contributed by atoms with Gasteiger partial charge in [0, 0.05) is 7.05 Å². The van der Waals surface area contributed by atoms with Gasteiger partial charge >= 0.3 is 0 Å². The lowest BCUT2D eigenvalue weighted by atomic mass is 9.86. The first-order valence-electron chi connectivity index (χ1n) is 6.56. The van der Waals surface area contributed by atoms with Gasteiger partial charge in [0.25, 0.3) is 0 Å². The topological polar surface area (TPSA) is 42.7 Å². The second kappa shape index (κ2) is 5.13. The molecule has 1 aromatic heterocycles. The Balaban J connectivity index is 2.33. The van der Waals surface area contributed by atoms with Crippen LogP contribution in [0.4, 0.5) is 0 Å². The maximum absolute atomic E-state index is 3.99. The fraction of sp³-hybridized carbons (Fsp3) is 0.467. The molecule has 1 heterocycles. The number of aryl methyl sites for hydroxylation is 1. The van der Waals surface area contributed by atoms with Crippen molar-refractivity contribution in [3.05, 3.63) is 47.3 Å². The van der Waals surface area contributed by atoms with E-state index in [1.165, 1.54) is 11.1 Å². The Labute approximate surface area is 114 Å². The second-order valence-corrected chi connectivity index (χ2v) is 5.88. The van der Waals surface area contributed by atoms with Crippen LogP contribution < -0.4 is 5.32 Å². The fourth-order valence-electron chi connectivity index (χ4n) is 2.22. The molecule has 1 N–H and O–H groups in total. The molecular weight excluding hydrogens is 236 g/mol. The molecule has 0 aliphatic carbocycles. The van der Waals surface area contributed by atoms with E-state index < -0.39 is 0 Å². The largest absolute Gasteiger partial charge is 0.308 e. The number of hydrogen-bond donors (Lipinski definition) is 1. The maximum Gasteiger partial charge on any atom is 0.0798 e. The number of aromatic nitrogens is 3. The summed E-state index contributed by atoms with van der Waals surface area (Å²) < 4.78 is 1.80. The van der Waals surface area contributed by atoms with E-state index in [9.17, 15) is 0 Å². The molecule has 0 aliphatic heterocycles. The van der Waals surface area contributed by atoms with E-state index in [-0.39, 0.29) is 11.5 Å². The van der Waals surface area contributed by atoms with Gasteiger partial charge in [0.2, 0.25) is 0 Å². The molecule has 0 saturated carbocycles. The first-order chi connectivity index (χ1) is 8.93. The third kappa shape index (κ3) is 2.84. The molecule has 0 radical (unpaired) electrons. The van der Waals surface area contributed by atoms with Crippen LogP contribution in [0.5, 0.6) is 0 Å². The van der Waals surface area contributed by atoms with Crippen LogP contribution in [0.25, 0.3) is 0 Å². The van der Waals surface area contributed by atoms with E-state index in [4.69, 9.17) is 0 Å². The van der Waals surface area contributed by atoms with Crippen LogP contribution >= 0.6 is 0 Å². The predicted octanol–water partition coefficient (Wildman–Crippen LogP) is 2.42. The van der Waals surface area contributed by atoms with Gasteiger partial charge in [-0.3, -0.25) is 4.68 Å². The fourth-order valence-corrected chi connectivity index (χ4v) is 2.22. The molecule has 1 aromatic carbocycles. The summed E-state index contributed by atoms with van der Waals surface area (Å²) in [6, 6.07) is 8.87. The van der Waals surface area contributed by atoms with Crippen molar-refractivity contribution in [2.24, 2.45) is 7.05 Å². The van der Waals surface area contributed by atoms with Gasteiger partial charge in [-0.15, -0.1) is 5.10 Å². The summed E-state index contributed by atoms with van der Waals surface area (Å²) in [7, 11) is 3.87. The summed E-state index contributed by atoms with van der Waals surface area (Å²) >= 11 is 0. The lowest BCUT2D eigenvalue weighted by Gasteiger charge is -2.21. The molecule has 4 heteroatoms. The third-order valence-corrected chi connectivity index (χ3v) is 3.44. The van der Waals surface area contributed by atoms with Crippen LogP contribution in [-0.2, 0) is 12.5 Å². The molecule has 19 heavy (non-hydrogen) atoms. The zero-order valence-corrected chi connectivity index (χ0v) is 12.3. The highest BCUT2D eigenvalue weighted by atomic mass is 15.4. The van der Waals surface area contributed by atoms with Crippen molar-refractivity contribution < 1.29 is 0 Å². The summed E-state index contributed by atoms with van der Waals surface area (Å²) in [6.07, 6.45) is 1.80. The van der Waals surface area contributed by atoms with Crippen LogP contribution in [0.1, 0.15) is 43.6 Å². The zero-order chi connectivity index (χ0) is 14.0. The van der Waals surface area contributed by atoms with E-state index >= 15 is 0 Å². The van der Waals surface area contributed by atoms with E-state index in [0.29, 0.717) is 0 Å². The molecule has 0 bridgehead atoms. The number of nitrogens with one attached hydrogen (secondary N) is 1. The Bertz CT molecular complexity index is 534. The Hall–Kier alpha value is -1.68. The van der Waals surface area contributed by atoms with Gasteiger partial charge in [0.15, 0.2) is 0 Å². The van der Waals surface area contributed by atoms with Crippen LogP contribution in [0.15, 0.2) is 30.5 Å². The smallest absolute Gasteiger partial charge is 0.0798 e. The number of hydrogen-bond acceptors (Lipinski definition) is 3. The van der Waals surface area contributed by atoms with Crippen LogP contribution in [0.3, 0.4) is 0 Å². The number of nitrogens with zero attached hydrogens (tertiary/aromatic N) is 3. The first kappa shape index (κ1) is 13.7. The third-order valence-electron chi connectivity index (χ3n) is 3.44. The monoisotopic (exact) mass is 258 g/mol. The van der Waals surface area contributed by atoms with E-state index in [1.807, 2.05) is 14.1 Å². The summed E-state index contributed by atoms with van der Waals surface area (Å²) in [5.74, 6) is 0. The quantitative estimate of drug-likeness (QED) is 0.919. The maximum atomic E-state index is 3.99. The van der Waals surface area contributed by atoms with Crippen molar-refractivity contribution in [3.8, 4) is 0 Å². The van der Waals surface area contributed by atoms with Crippen LogP contribution in [0.2, 0.25) is 0 Å². The predicted molar refractivity (Wildman–Crippen MR) is 77.0 cm³/mol. The number of benzene rings is 1. The molecule has 0 saturated heterocycles. The summed E-state index contributed by atoms with van der Waals surface area (Å²) in [4.78, 5) is 0. The summed E-state index contributed by atoms with van der Waals surface area (Å²) in [5, 5.41) is 11.3. The average Bonchev–Trinajstić information content (AvgIpc) is 2.76. The van der Waals surface area contributed by atoms with Gasteiger partial charge in [-0.1, -0.05) is 50.3 Å². The molecule has 0 fully saturated rings. The molecule has 2 aromatic rings. The molecule has 0 amide bonds. The highest BCUT2D eigenvalue weighted by Gasteiger charge is 2.18. The second-order valence-electron chi connectivity index (χ2n) is 5.88. The minimum absolute atomic E-state index is 0.119. The zero-order valence-electron chi connectivity index (χ0n) is 12.3. The molecule has 1 atom stereocenters. The number of rotatable bonds is 3. The molecule has 0 aliphatic rings. The standard InChI is InChI=1S/C15H22N4/c1-15(2,3)12-8-6-11(7-9-12)14(16-4)13-10-17-18-19(13)5/h6-10,14,16H,1-5H3. The van der Waals surface area contributed by atoms with Gasteiger partial charge in [-0.2, -0.15) is 0 Å². The minimum atomic E-state index is 0.119. The SMILES string of the molecule is CNC(c1ccc(C(C)(C)C)cc1)c1cnnn1C. The van der Waals surface area contributed by atoms with E-state index in [2.05, 4.69) is 60.7 Å². The van der Waals surface area contributed by atoms with Gasteiger partial charge in [0.05, 0.1) is 17.9 Å². The van der Waals surface area contributed by atoms with Crippen molar-refractivity contribution in [3.63, 3.8) is 0 Å². The normalized spacial score (nSPS) is 13.5. The highest BCUT2D eigenvalue weighted by molar-refractivity contribution is 5.32. The van der Waals surface area contributed by atoms with Crippen molar-refractivity contribution in [2.45, 2.75) is 32.2 Å². The van der Waals surface area contributed by atoms with Crippen molar-refractivity contribution in [2.75, 3.05) is 7.05 Å². The molecule has 4 nitrogen and oxygen atoms in total. The van der Waals surface area contributed by atoms with E-state index in [0.717, 1.165) is 5.69 Å². The molecule has 2 rings (SSSR count). The summed E-state index contributed by atoms with van der Waals surface area (Å²) in [5.41, 5.74) is 3.81. The van der Waals surface area contributed by atoms with Crippen LogP contribution in [-0.4, -0.2) is 22.0 Å². The van der Waals surface area contributed by atoms with E-state index in [1.54, 1.807) is 10.9 Å². The van der Waals surface area contributed by atoms with Gasteiger partial charge in [0.1, 0.15) is 0 Å². The Morgan fingerprint density at radius 2 is 1.79 bits per heavy atom. The molecular formula is C15H22N4. The molecule has 0 spiro atoms. The van der Waals surface area contributed by atoms with Crippen molar-refractivity contribution in [1.29, 1.82) is 0 Å². The Morgan fingerprint density at radius 3 is 2.21 bits per heavy atom. The van der Waals surface area contributed by atoms with Crippen molar-refractivity contribution >= 4 is 0 Å². The van der Waals surface area contributed by atoms with Gasteiger partial charge < -0.3 is 5.32 Å². The van der Waals surface area contributed by atoms with Crippen LogP contribution in [0, 0.1) is 0 Å². The molecule has 1 unspecified atom stereocenters. The first-order valence-corrected chi connectivity index (χ1v) is 6.56. The van der Waals surface area contributed by atoms with Gasteiger partial charge in [-0.25, -0.2) is 0 Å². The Kier molecular flexibility index (Phi) is 3.71. The minimum Gasteiger partial charge on any atom is -0.308 e. The average molecular weight is 258 g/mol. The highest BCUT2D eigenvalue weighted by Crippen LogP contribution is 2.26. The lowest BCUT2D eigenvalue weighted by molar-refractivity contribution is 0.584. The summed E-state index contributed by atoms with van der Waals surface area (Å²) in [6.45, 7) is 6.67. The van der Waals surface area contributed by atoms with Crippen molar-refractivity contribution in [1.82, 2.24) is 20.3 Å². The Morgan fingerprint density at radius 1 is 1.16 bits per heavy atom. The van der Waals surface area contributed by atoms with Gasteiger partial charge in [-0.05, 0) is 23.6 Å². The lowest BCUT2D eigenvalue weighted by Crippen LogP contribution is -2.21.